The second kappa shape index (κ2) is 8.96. The van der Waals surface area contributed by atoms with Crippen LogP contribution in [-0.2, 0) is 13.0 Å². The van der Waals surface area contributed by atoms with Crippen molar-refractivity contribution in [3.8, 4) is 22.1 Å². The highest BCUT2D eigenvalue weighted by atomic mass is 32.2. The fourth-order valence-corrected chi connectivity index (χ4v) is 4.21. The molecular weight excluding hydrogens is 437 g/mol. The number of hydrogen-bond donors (Lipinski definition) is 0. The lowest BCUT2D eigenvalue weighted by atomic mass is 10.2. The molecule has 0 unspecified atom stereocenters. The maximum atomic E-state index is 13.1. The van der Waals surface area contributed by atoms with Crippen molar-refractivity contribution in [3.63, 3.8) is 0 Å². The average molecular weight is 452 g/mol. The summed E-state index contributed by atoms with van der Waals surface area (Å²) in [5, 5.41) is 14.0. The summed E-state index contributed by atoms with van der Waals surface area (Å²) in [6.45, 7) is -1.16. The molecule has 0 saturated carbocycles. The number of aromatic nitrogens is 6. The van der Waals surface area contributed by atoms with Crippen LogP contribution in [0.2, 0.25) is 0 Å². The van der Waals surface area contributed by atoms with Gasteiger partial charge in [-0.2, -0.15) is 18.2 Å². The zero-order valence-corrected chi connectivity index (χ0v) is 17.0. The summed E-state index contributed by atoms with van der Waals surface area (Å²) in [5.41, 5.74) is 0.528. The molecule has 0 saturated heterocycles. The zero-order chi connectivity index (χ0) is 21.0. The van der Waals surface area contributed by atoms with Crippen LogP contribution in [0.25, 0.3) is 22.1 Å². The number of rotatable bonds is 8. The van der Waals surface area contributed by atoms with Crippen LogP contribution in [0.4, 0.5) is 13.2 Å². The quantitative estimate of drug-likeness (QED) is 0.282. The summed E-state index contributed by atoms with van der Waals surface area (Å²) in [6, 6.07) is 7.02. The summed E-state index contributed by atoms with van der Waals surface area (Å²) in [4.78, 5) is 9.15. The van der Waals surface area contributed by atoms with Gasteiger partial charge in [0.25, 0.3) is 0 Å². The number of nitrogens with zero attached hydrogens (tertiary/aromatic N) is 6. The highest BCUT2D eigenvalue weighted by molar-refractivity contribution is 7.99. The maximum Gasteiger partial charge on any atom is 0.406 e. The van der Waals surface area contributed by atoms with Gasteiger partial charge in [-0.1, -0.05) is 23.0 Å². The fourth-order valence-electron chi connectivity index (χ4n) is 2.68. The fraction of sp³-hybridized carbons (Fsp3) is 0.278. The van der Waals surface area contributed by atoms with E-state index in [-0.39, 0.29) is 11.0 Å². The molecule has 0 aliphatic carbocycles. The molecule has 7 nitrogen and oxygen atoms in total. The molecule has 0 amide bonds. The Hall–Kier alpha value is -2.73. The van der Waals surface area contributed by atoms with E-state index in [9.17, 15) is 13.2 Å². The van der Waals surface area contributed by atoms with Crippen molar-refractivity contribution in [2.45, 2.75) is 30.7 Å². The molecule has 0 fully saturated rings. The molecule has 0 aromatic carbocycles. The lowest BCUT2D eigenvalue weighted by Gasteiger charge is -2.12. The molecule has 0 spiro atoms. The van der Waals surface area contributed by atoms with E-state index in [4.69, 9.17) is 4.52 Å². The third-order valence-corrected chi connectivity index (χ3v) is 5.89. The predicted molar refractivity (Wildman–Crippen MR) is 106 cm³/mol. The number of thiophene rings is 1. The van der Waals surface area contributed by atoms with Gasteiger partial charge in [-0.3, -0.25) is 9.55 Å². The molecule has 156 valence electrons. The van der Waals surface area contributed by atoms with E-state index in [0.717, 1.165) is 9.44 Å². The molecule has 0 atom stereocenters. The van der Waals surface area contributed by atoms with Gasteiger partial charge in [0.1, 0.15) is 6.54 Å². The van der Waals surface area contributed by atoms with Gasteiger partial charge in [-0.25, -0.2) is 0 Å². The molecule has 0 radical (unpaired) electrons. The van der Waals surface area contributed by atoms with Gasteiger partial charge in [0.05, 0.1) is 4.88 Å². The van der Waals surface area contributed by atoms with Crippen molar-refractivity contribution in [2.24, 2.45) is 0 Å². The average Bonchev–Trinajstić information content (AvgIpc) is 3.46. The number of alkyl halides is 3. The van der Waals surface area contributed by atoms with Gasteiger partial charge >= 0.3 is 6.18 Å². The molecule has 4 aromatic rings. The lowest BCUT2D eigenvalue weighted by molar-refractivity contribution is -0.141. The van der Waals surface area contributed by atoms with Crippen molar-refractivity contribution in [1.82, 2.24) is 29.9 Å². The Bertz CT molecular complexity index is 1080. The van der Waals surface area contributed by atoms with Crippen LogP contribution in [0.3, 0.4) is 0 Å². The van der Waals surface area contributed by atoms with Gasteiger partial charge in [-0.05, 0) is 30.0 Å². The standard InChI is InChI=1S/C18H15F3N6OS2/c19-18(20,21)11-27-16(12-5-7-22-8-6-12)24-25-17(27)30-10-2-4-14-23-15(26-28-14)13-3-1-9-29-13/h1,3,5-9H,2,4,10-11H2. The Morgan fingerprint density at radius 3 is 2.70 bits per heavy atom. The normalized spacial score (nSPS) is 11.8. The van der Waals surface area contributed by atoms with Gasteiger partial charge in [0, 0.05) is 30.1 Å². The smallest absolute Gasteiger partial charge is 0.339 e. The zero-order valence-electron chi connectivity index (χ0n) is 15.4. The first-order valence-electron chi connectivity index (χ1n) is 8.89. The first-order valence-corrected chi connectivity index (χ1v) is 10.8. The summed E-state index contributed by atoms with van der Waals surface area (Å²) in [6.07, 6.45) is -0.217. The highest BCUT2D eigenvalue weighted by Crippen LogP contribution is 2.29. The largest absolute Gasteiger partial charge is 0.406 e. The monoisotopic (exact) mass is 452 g/mol. The molecule has 0 aliphatic rings. The van der Waals surface area contributed by atoms with Gasteiger partial charge in [0.2, 0.25) is 11.7 Å². The van der Waals surface area contributed by atoms with E-state index in [1.807, 2.05) is 17.5 Å². The minimum Gasteiger partial charge on any atom is -0.339 e. The Morgan fingerprint density at radius 2 is 1.97 bits per heavy atom. The van der Waals surface area contributed by atoms with Crippen molar-refractivity contribution in [2.75, 3.05) is 5.75 Å². The number of pyridine rings is 1. The van der Waals surface area contributed by atoms with Gasteiger partial charge in [-0.15, -0.1) is 21.5 Å². The summed E-state index contributed by atoms with van der Waals surface area (Å²) >= 11 is 2.73. The Labute approximate surface area is 177 Å². The van der Waals surface area contributed by atoms with Crippen LogP contribution in [0.1, 0.15) is 12.3 Å². The Kier molecular flexibility index (Phi) is 6.13. The molecule has 0 bridgehead atoms. The van der Waals surface area contributed by atoms with E-state index >= 15 is 0 Å². The van der Waals surface area contributed by atoms with Crippen molar-refractivity contribution in [3.05, 3.63) is 47.9 Å². The topological polar surface area (TPSA) is 82.5 Å². The molecule has 30 heavy (non-hydrogen) atoms. The third-order valence-electron chi connectivity index (χ3n) is 3.97. The molecule has 4 heterocycles. The van der Waals surface area contributed by atoms with Crippen LogP contribution in [0, 0.1) is 0 Å². The van der Waals surface area contributed by atoms with Gasteiger partial charge < -0.3 is 4.52 Å². The third kappa shape index (κ3) is 5.05. The highest BCUT2D eigenvalue weighted by Gasteiger charge is 2.31. The van der Waals surface area contributed by atoms with Crippen molar-refractivity contribution < 1.29 is 17.7 Å². The molecule has 0 aliphatic heterocycles. The molecular formula is C18H15F3N6OS2. The van der Waals surface area contributed by atoms with Gasteiger partial charge in [0.15, 0.2) is 11.0 Å². The van der Waals surface area contributed by atoms with Crippen LogP contribution in [0.15, 0.2) is 51.7 Å². The van der Waals surface area contributed by atoms with Crippen LogP contribution >= 0.6 is 23.1 Å². The summed E-state index contributed by atoms with van der Waals surface area (Å²) in [7, 11) is 0. The molecule has 4 aromatic heterocycles. The number of hydrogen-bond acceptors (Lipinski definition) is 8. The van der Waals surface area contributed by atoms with E-state index in [1.165, 1.54) is 35.5 Å². The summed E-state index contributed by atoms with van der Waals surface area (Å²) in [5.74, 6) is 1.73. The second-order valence-corrected chi connectivity index (χ2v) is 8.19. The minimum absolute atomic E-state index is 0.162. The first-order chi connectivity index (χ1) is 14.5. The second-order valence-electron chi connectivity index (χ2n) is 6.18. The van der Waals surface area contributed by atoms with Crippen LogP contribution in [0.5, 0.6) is 0 Å². The van der Waals surface area contributed by atoms with E-state index in [1.54, 1.807) is 12.1 Å². The summed E-state index contributed by atoms with van der Waals surface area (Å²) < 4.78 is 45.6. The molecule has 0 N–H and O–H groups in total. The maximum absolute atomic E-state index is 13.1. The number of thioether (sulfide) groups is 1. The predicted octanol–water partition coefficient (Wildman–Crippen LogP) is 4.74. The Balaban J connectivity index is 1.40. The number of halogens is 3. The minimum atomic E-state index is -4.39. The lowest BCUT2D eigenvalue weighted by Crippen LogP contribution is -2.19. The van der Waals surface area contributed by atoms with Crippen molar-refractivity contribution >= 4 is 23.1 Å². The van der Waals surface area contributed by atoms with Crippen molar-refractivity contribution in [1.29, 1.82) is 0 Å². The first kappa shape index (κ1) is 20.5. The van der Waals surface area contributed by atoms with Crippen LogP contribution < -0.4 is 0 Å². The Morgan fingerprint density at radius 1 is 1.13 bits per heavy atom. The molecule has 12 heteroatoms. The van der Waals surface area contributed by atoms with Crippen LogP contribution in [-0.4, -0.2) is 41.8 Å². The van der Waals surface area contributed by atoms with E-state index in [2.05, 4.69) is 25.3 Å². The SMILES string of the molecule is FC(F)(F)Cn1c(SCCCc2nc(-c3cccs3)no2)nnc1-c1ccncc1. The van der Waals surface area contributed by atoms with E-state index < -0.39 is 12.7 Å². The molecule has 4 rings (SSSR count). The number of aryl methyl sites for hydroxylation is 1. The van der Waals surface area contributed by atoms with E-state index in [0.29, 0.717) is 35.9 Å².